The van der Waals surface area contributed by atoms with Gasteiger partial charge in [-0.15, -0.1) is 13.2 Å². The van der Waals surface area contributed by atoms with Crippen molar-refractivity contribution < 1.29 is 32.2 Å². The van der Waals surface area contributed by atoms with Gasteiger partial charge >= 0.3 is 6.36 Å². The molecule has 1 N–H and O–H groups in total. The van der Waals surface area contributed by atoms with Gasteiger partial charge in [0.05, 0.1) is 18.5 Å². The third-order valence-electron chi connectivity index (χ3n) is 4.78. The highest BCUT2D eigenvalue weighted by Gasteiger charge is 2.31. The monoisotopic (exact) mass is 484 g/mol. The van der Waals surface area contributed by atoms with Crippen molar-refractivity contribution in [3.8, 4) is 22.9 Å². The molecule has 0 radical (unpaired) electrons. The molecule has 180 valence electrons. The van der Waals surface area contributed by atoms with Crippen LogP contribution in [0.5, 0.6) is 17.2 Å². The van der Waals surface area contributed by atoms with Crippen LogP contribution in [0.25, 0.3) is 5.69 Å². The second-order valence-corrected chi connectivity index (χ2v) is 7.16. The average molecular weight is 484 g/mol. The molecule has 1 heterocycles. The van der Waals surface area contributed by atoms with Gasteiger partial charge in [0.15, 0.2) is 11.5 Å². The predicted molar refractivity (Wildman–Crippen MR) is 120 cm³/mol. The largest absolute Gasteiger partial charge is 0.573 e. The van der Waals surface area contributed by atoms with Crippen LogP contribution in [0.15, 0.2) is 79.4 Å². The lowest BCUT2D eigenvalue weighted by Gasteiger charge is -2.15. The molecule has 0 aliphatic rings. The number of methoxy groups -OCH3 is 1. The van der Waals surface area contributed by atoms with E-state index in [1.165, 1.54) is 42.6 Å². The lowest BCUT2D eigenvalue weighted by molar-refractivity contribution is -0.274. The number of halogens is 3. The summed E-state index contributed by atoms with van der Waals surface area (Å²) in [6.07, 6.45) is -2.29. The molecule has 0 atom stereocenters. The molecule has 0 fully saturated rings. The van der Waals surface area contributed by atoms with E-state index in [1.54, 1.807) is 6.07 Å². The molecule has 1 amide bonds. The van der Waals surface area contributed by atoms with Crippen LogP contribution in [0.3, 0.4) is 0 Å². The fourth-order valence-corrected chi connectivity index (χ4v) is 3.20. The minimum Gasteiger partial charge on any atom is -0.493 e. The molecular formula is C24H19F3N4O4. The Morgan fingerprint density at radius 2 is 1.83 bits per heavy atom. The quantitative estimate of drug-likeness (QED) is 0.379. The summed E-state index contributed by atoms with van der Waals surface area (Å²) in [4.78, 5) is 16.8. The van der Waals surface area contributed by atoms with E-state index in [0.717, 1.165) is 17.7 Å². The van der Waals surface area contributed by atoms with Gasteiger partial charge in [-0.05, 0) is 35.9 Å². The number of hydrogen-bond acceptors (Lipinski definition) is 6. The van der Waals surface area contributed by atoms with Gasteiger partial charge in [0, 0.05) is 11.6 Å². The maximum atomic E-state index is 13.0. The van der Waals surface area contributed by atoms with Gasteiger partial charge in [-0.25, -0.2) is 9.67 Å². The minimum absolute atomic E-state index is 0.0330. The number of nitrogens with one attached hydrogen (secondary N) is 1. The Kier molecular flexibility index (Phi) is 6.86. The summed E-state index contributed by atoms with van der Waals surface area (Å²) in [6.45, 7) is 0.302. The SMILES string of the molecule is COc1cc(C(=O)Nc2cc(OC(F)(F)F)ccc2-n2cncn2)ccc1OCc1ccccc1. The van der Waals surface area contributed by atoms with Gasteiger partial charge in [0.1, 0.15) is 25.0 Å². The molecule has 11 heteroatoms. The van der Waals surface area contributed by atoms with Gasteiger partial charge < -0.3 is 19.5 Å². The van der Waals surface area contributed by atoms with E-state index < -0.39 is 18.0 Å². The van der Waals surface area contributed by atoms with Crippen molar-refractivity contribution >= 4 is 11.6 Å². The number of carbonyl (C=O) groups is 1. The zero-order valence-corrected chi connectivity index (χ0v) is 18.3. The highest BCUT2D eigenvalue weighted by atomic mass is 19.4. The number of anilines is 1. The summed E-state index contributed by atoms with van der Waals surface area (Å²) in [5.74, 6) is -0.349. The Labute approximate surface area is 197 Å². The third kappa shape index (κ3) is 6.08. The minimum atomic E-state index is -4.89. The molecule has 0 aliphatic carbocycles. The number of alkyl halides is 3. The fourth-order valence-electron chi connectivity index (χ4n) is 3.20. The number of ether oxygens (including phenoxy) is 3. The summed E-state index contributed by atoms with van der Waals surface area (Å²) in [7, 11) is 1.44. The van der Waals surface area contributed by atoms with E-state index in [9.17, 15) is 18.0 Å². The Morgan fingerprint density at radius 1 is 1.03 bits per heavy atom. The Bertz CT molecular complexity index is 1300. The molecule has 0 spiro atoms. The summed E-state index contributed by atoms with van der Waals surface area (Å²) in [5.41, 5.74) is 1.48. The molecule has 0 saturated heterocycles. The Balaban J connectivity index is 1.57. The van der Waals surface area contributed by atoms with Crippen LogP contribution in [0.4, 0.5) is 18.9 Å². The summed E-state index contributed by atoms with van der Waals surface area (Å²) < 4.78 is 54.6. The van der Waals surface area contributed by atoms with Crippen LogP contribution < -0.4 is 19.5 Å². The first-order chi connectivity index (χ1) is 16.8. The number of benzene rings is 3. The first-order valence-corrected chi connectivity index (χ1v) is 10.2. The maximum Gasteiger partial charge on any atom is 0.573 e. The first-order valence-electron chi connectivity index (χ1n) is 10.2. The second-order valence-electron chi connectivity index (χ2n) is 7.16. The summed E-state index contributed by atoms with van der Waals surface area (Å²) in [5, 5.41) is 6.57. The molecule has 8 nitrogen and oxygen atoms in total. The van der Waals surface area contributed by atoms with E-state index in [1.807, 2.05) is 30.3 Å². The fraction of sp³-hybridized carbons (Fsp3) is 0.125. The van der Waals surface area contributed by atoms with E-state index in [-0.39, 0.29) is 11.3 Å². The first kappa shape index (κ1) is 23.6. The molecule has 35 heavy (non-hydrogen) atoms. The number of rotatable bonds is 8. The van der Waals surface area contributed by atoms with Crippen molar-refractivity contribution in [3.63, 3.8) is 0 Å². The number of carbonyl (C=O) groups excluding carboxylic acids is 1. The van der Waals surface area contributed by atoms with E-state index in [0.29, 0.717) is 23.8 Å². The molecule has 3 aromatic carbocycles. The van der Waals surface area contributed by atoms with Crippen molar-refractivity contribution in [3.05, 3.63) is 90.5 Å². The molecule has 1 aromatic heterocycles. The number of aromatic nitrogens is 3. The standard InChI is InChI=1S/C24H19F3N4O4/c1-33-22-11-17(7-10-21(22)34-13-16-5-3-2-4-6-16)23(32)30-19-12-18(35-24(25,26)27)8-9-20(19)31-15-28-14-29-31/h2-12,14-15H,13H2,1H3,(H,30,32). The Hall–Kier alpha value is -4.54. The molecule has 4 rings (SSSR count). The molecule has 0 saturated carbocycles. The van der Waals surface area contributed by atoms with Crippen LogP contribution >= 0.6 is 0 Å². The Morgan fingerprint density at radius 3 is 2.51 bits per heavy atom. The normalized spacial score (nSPS) is 11.1. The molecule has 0 aliphatic heterocycles. The zero-order chi connectivity index (χ0) is 24.8. The molecule has 0 bridgehead atoms. The third-order valence-corrected chi connectivity index (χ3v) is 4.78. The van der Waals surface area contributed by atoms with Crippen LogP contribution in [0, 0.1) is 0 Å². The van der Waals surface area contributed by atoms with Crippen LogP contribution in [-0.2, 0) is 6.61 Å². The smallest absolute Gasteiger partial charge is 0.493 e. The molecular weight excluding hydrogens is 465 g/mol. The zero-order valence-electron chi connectivity index (χ0n) is 18.3. The second kappa shape index (κ2) is 10.2. The number of amides is 1. The van der Waals surface area contributed by atoms with E-state index >= 15 is 0 Å². The van der Waals surface area contributed by atoms with Crippen molar-refractivity contribution in [1.82, 2.24) is 14.8 Å². The van der Waals surface area contributed by atoms with Crippen molar-refractivity contribution in [2.45, 2.75) is 13.0 Å². The van der Waals surface area contributed by atoms with Gasteiger partial charge in [-0.1, -0.05) is 30.3 Å². The van der Waals surface area contributed by atoms with Gasteiger partial charge in [-0.3, -0.25) is 4.79 Å². The lowest BCUT2D eigenvalue weighted by atomic mass is 10.1. The van der Waals surface area contributed by atoms with Crippen LogP contribution in [0.1, 0.15) is 15.9 Å². The van der Waals surface area contributed by atoms with Crippen LogP contribution in [-0.4, -0.2) is 34.1 Å². The lowest BCUT2D eigenvalue weighted by Crippen LogP contribution is -2.18. The van der Waals surface area contributed by atoms with E-state index in [2.05, 4.69) is 20.1 Å². The average Bonchev–Trinajstić information content (AvgIpc) is 3.37. The molecule has 4 aromatic rings. The van der Waals surface area contributed by atoms with Crippen molar-refractivity contribution in [2.75, 3.05) is 12.4 Å². The maximum absolute atomic E-state index is 13.0. The van der Waals surface area contributed by atoms with Gasteiger partial charge in [-0.2, -0.15) is 5.10 Å². The highest BCUT2D eigenvalue weighted by molar-refractivity contribution is 6.05. The van der Waals surface area contributed by atoms with Crippen molar-refractivity contribution in [1.29, 1.82) is 0 Å². The summed E-state index contributed by atoms with van der Waals surface area (Å²) in [6, 6.07) is 17.6. The van der Waals surface area contributed by atoms with Crippen LogP contribution in [0.2, 0.25) is 0 Å². The summed E-state index contributed by atoms with van der Waals surface area (Å²) >= 11 is 0. The highest BCUT2D eigenvalue weighted by Crippen LogP contribution is 2.32. The molecule has 0 unspecified atom stereocenters. The topological polar surface area (TPSA) is 87.5 Å². The van der Waals surface area contributed by atoms with Crippen molar-refractivity contribution in [2.24, 2.45) is 0 Å². The predicted octanol–water partition coefficient (Wildman–Crippen LogP) is 5.01. The van der Waals surface area contributed by atoms with Gasteiger partial charge in [0.2, 0.25) is 0 Å². The number of hydrogen-bond donors (Lipinski definition) is 1. The van der Waals surface area contributed by atoms with E-state index in [4.69, 9.17) is 9.47 Å². The number of nitrogens with zero attached hydrogens (tertiary/aromatic N) is 3. The van der Waals surface area contributed by atoms with Gasteiger partial charge in [0.25, 0.3) is 5.91 Å².